The molecular formula is C21H30O4. The number of epoxide rings is 1. The monoisotopic (exact) mass is 346 g/mol. The van der Waals surface area contributed by atoms with Crippen molar-refractivity contribution in [1.29, 1.82) is 0 Å². The maximum absolute atomic E-state index is 12.5. The Morgan fingerprint density at radius 2 is 1.96 bits per heavy atom. The van der Waals surface area contributed by atoms with Gasteiger partial charge in [-0.15, -0.1) is 0 Å². The molecule has 4 nitrogen and oxygen atoms in total. The number of rotatable bonds is 1. The van der Waals surface area contributed by atoms with Crippen molar-refractivity contribution in [1.82, 2.24) is 0 Å². The molecule has 8 atom stereocenters. The molecule has 4 aliphatic carbocycles. The zero-order valence-corrected chi connectivity index (χ0v) is 15.7. The van der Waals surface area contributed by atoms with Gasteiger partial charge in [-0.3, -0.25) is 9.59 Å². The van der Waals surface area contributed by atoms with Gasteiger partial charge in [-0.25, -0.2) is 0 Å². The quantitative estimate of drug-likeness (QED) is 0.537. The summed E-state index contributed by atoms with van der Waals surface area (Å²) in [6.45, 7) is 6.18. The lowest BCUT2D eigenvalue weighted by molar-refractivity contribution is -0.157. The predicted molar refractivity (Wildman–Crippen MR) is 91.8 cm³/mol. The fourth-order valence-corrected chi connectivity index (χ4v) is 7.75. The smallest absolute Gasteiger partial charge is 0.302 e. The van der Waals surface area contributed by atoms with E-state index < -0.39 is 0 Å². The third-order valence-electron chi connectivity index (χ3n) is 9.08. The van der Waals surface area contributed by atoms with Gasteiger partial charge in [0.1, 0.15) is 17.5 Å². The number of fused-ring (bicyclic) bond motifs is 4. The highest BCUT2D eigenvalue weighted by molar-refractivity contribution is 5.87. The molecule has 0 aromatic carbocycles. The molecule has 4 heteroatoms. The molecule has 5 aliphatic rings. The molecule has 25 heavy (non-hydrogen) atoms. The van der Waals surface area contributed by atoms with Crippen LogP contribution in [-0.2, 0) is 19.1 Å². The first-order valence-corrected chi connectivity index (χ1v) is 10.2. The molecule has 0 radical (unpaired) electrons. The summed E-state index contributed by atoms with van der Waals surface area (Å²) in [5, 5.41) is 0. The van der Waals surface area contributed by atoms with E-state index in [2.05, 4.69) is 13.8 Å². The largest absolute Gasteiger partial charge is 0.462 e. The molecule has 0 N–H and O–H groups in total. The Balaban J connectivity index is 1.44. The first-order valence-electron chi connectivity index (χ1n) is 10.2. The summed E-state index contributed by atoms with van der Waals surface area (Å²) in [6.07, 6.45) is 8.45. The van der Waals surface area contributed by atoms with E-state index in [0.717, 1.165) is 51.4 Å². The maximum atomic E-state index is 12.5. The minimum Gasteiger partial charge on any atom is -0.462 e. The van der Waals surface area contributed by atoms with Crippen LogP contribution in [0.1, 0.15) is 72.1 Å². The lowest BCUT2D eigenvalue weighted by Crippen LogP contribution is -2.58. The molecule has 0 amide bonds. The molecule has 5 fully saturated rings. The number of ether oxygens (including phenoxy) is 2. The number of hydrogen-bond acceptors (Lipinski definition) is 4. The number of carbonyl (C=O) groups excluding carboxylic acids is 2. The van der Waals surface area contributed by atoms with Crippen LogP contribution in [0.4, 0.5) is 0 Å². The Morgan fingerprint density at radius 3 is 2.72 bits per heavy atom. The molecule has 0 aromatic rings. The van der Waals surface area contributed by atoms with Gasteiger partial charge in [0.15, 0.2) is 0 Å². The van der Waals surface area contributed by atoms with Crippen molar-refractivity contribution in [3.05, 3.63) is 0 Å². The lowest BCUT2D eigenvalue weighted by Gasteiger charge is -2.58. The average Bonchev–Trinajstić information content (AvgIpc) is 3.15. The van der Waals surface area contributed by atoms with Gasteiger partial charge < -0.3 is 9.47 Å². The Bertz CT molecular complexity index is 644. The Hall–Kier alpha value is -0.900. The van der Waals surface area contributed by atoms with Crippen LogP contribution in [0.15, 0.2) is 0 Å². The van der Waals surface area contributed by atoms with E-state index in [1.165, 1.54) is 6.92 Å². The van der Waals surface area contributed by atoms with Gasteiger partial charge in [0.05, 0.1) is 6.10 Å². The first-order chi connectivity index (χ1) is 11.8. The third kappa shape index (κ3) is 1.92. The first kappa shape index (κ1) is 16.3. The van der Waals surface area contributed by atoms with Crippen LogP contribution in [0.25, 0.3) is 0 Å². The van der Waals surface area contributed by atoms with E-state index in [4.69, 9.17) is 9.47 Å². The van der Waals surface area contributed by atoms with Crippen molar-refractivity contribution in [3.8, 4) is 0 Å². The molecule has 1 spiro atoms. The minimum atomic E-state index is -0.172. The standard InChI is InChI=1S/C21H30O4/c1-12(22)24-13-6-9-20(3)16-7-8-19(2)15(4-5-17(19)23)14(16)10-18-21(20,11-13)25-18/h13-16,18H,4-11H2,1-3H3/t13-,14-,15+,16-,18-,19-,20+,21-/m0/s1. The van der Waals surface area contributed by atoms with Crippen molar-refractivity contribution in [2.45, 2.75) is 89.9 Å². The van der Waals surface area contributed by atoms with Crippen LogP contribution < -0.4 is 0 Å². The van der Waals surface area contributed by atoms with E-state index in [9.17, 15) is 9.59 Å². The van der Waals surface area contributed by atoms with E-state index in [-0.39, 0.29) is 28.5 Å². The zero-order valence-electron chi connectivity index (χ0n) is 15.7. The maximum Gasteiger partial charge on any atom is 0.302 e. The van der Waals surface area contributed by atoms with E-state index in [1.54, 1.807) is 0 Å². The summed E-state index contributed by atoms with van der Waals surface area (Å²) < 4.78 is 12.0. The Morgan fingerprint density at radius 1 is 1.16 bits per heavy atom. The van der Waals surface area contributed by atoms with Crippen LogP contribution in [0, 0.1) is 28.6 Å². The van der Waals surface area contributed by atoms with Crippen LogP contribution in [0.5, 0.6) is 0 Å². The van der Waals surface area contributed by atoms with Crippen molar-refractivity contribution in [2.75, 3.05) is 0 Å². The molecule has 4 saturated carbocycles. The summed E-state index contributed by atoms with van der Waals surface area (Å²) in [7, 11) is 0. The summed E-state index contributed by atoms with van der Waals surface area (Å²) in [5.74, 6) is 2.19. The predicted octanol–water partition coefficient (Wildman–Crippen LogP) is 3.66. The molecule has 0 unspecified atom stereocenters. The SMILES string of the molecule is CC(=O)O[C@H]1CC[C@]2(C)[C@H]3CC[C@]4(C)C(=O)CC[C@@H]4[C@@H]3C[C@@H]3O[C@@]32C1. The van der Waals surface area contributed by atoms with Crippen molar-refractivity contribution >= 4 is 11.8 Å². The van der Waals surface area contributed by atoms with E-state index >= 15 is 0 Å². The van der Waals surface area contributed by atoms with Gasteiger partial charge in [-0.05, 0) is 56.3 Å². The van der Waals surface area contributed by atoms with Gasteiger partial charge >= 0.3 is 5.97 Å². The highest BCUT2D eigenvalue weighted by Gasteiger charge is 2.76. The topological polar surface area (TPSA) is 55.9 Å². The molecule has 1 aliphatic heterocycles. The number of Topliss-reactive ketones (excluding diaryl/α,β-unsaturated/α-hetero) is 1. The number of hydrogen-bond donors (Lipinski definition) is 0. The van der Waals surface area contributed by atoms with Crippen LogP contribution in [0.3, 0.4) is 0 Å². The number of carbonyl (C=O) groups is 2. The number of ketones is 1. The van der Waals surface area contributed by atoms with E-state index in [0.29, 0.717) is 29.6 Å². The summed E-state index contributed by atoms with van der Waals surface area (Å²) in [5.41, 5.74) is 0.0500. The summed E-state index contributed by atoms with van der Waals surface area (Å²) >= 11 is 0. The van der Waals surface area contributed by atoms with Gasteiger partial charge in [0, 0.05) is 30.6 Å². The van der Waals surface area contributed by atoms with Gasteiger partial charge in [0.25, 0.3) is 0 Å². The Labute approximate surface area is 150 Å². The van der Waals surface area contributed by atoms with Gasteiger partial charge in [0.2, 0.25) is 0 Å². The van der Waals surface area contributed by atoms with Crippen molar-refractivity contribution in [3.63, 3.8) is 0 Å². The van der Waals surface area contributed by atoms with Crippen LogP contribution in [0.2, 0.25) is 0 Å². The second kappa shape index (κ2) is 4.88. The van der Waals surface area contributed by atoms with Crippen molar-refractivity contribution < 1.29 is 19.1 Å². The highest BCUT2D eigenvalue weighted by atomic mass is 16.6. The Kier molecular flexibility index (Phi) is 3.18. The minimum absolute atomic E-state index is 0.0223. The van der Waals surface area contributed by atoms with Gasteiger partial charge in [-0.2, -0.15) is 0 Å². The van der Waals surface area contributed by atoms with Crippen LogP contribution >= 0.6 is 0 Å². The molecule has 0 bridgehead atoms. The third-order valence-corrected chi connectivity index (χ3v) is 9.08. The molecule has 0 aromatic heterocycles. The van der Waals surface area contributed by atoms with E-state index in [1.807, 2.05) is 0 Å². The second-order valence-electron chi connectivity index (χ2n) is 9.92. The highest BCUT2D eigenvalue weighted by Crippen LogP contribution is 2.73. The average molecular weight is 346 g/mol. The fraction of sp³-hybridized carbons (Fsp3) is 0.905. The normalized spacial score (nSPS) is 56.3. The summed E-state index contributed by atoms with van der Waals surface area (Å²) in [4.78, 5) is 23.9. The molecule has 138 valence electrons. The zero-order chi connectivity index (χ0) is 17.6. The number of esters is 1. The molecule has 1 heterocycles. The summed E-state index contributed by atoms with van der Waals surface area (Å²) in [6, 6.07) is 0. The molecule has 5 rings (SSSR count). The molecule has 1 saturated heterocycles. The molecular weight excluding hydrogens is 316 g/mol. The van der Waals surface area contributed by atoms with Gasteiger partial charge in [-0.1, -0.05) is 13.8 Å². The van der Waals surface area contributed by atoms with Crippen molar-refractivity contribution in [2.24, 2.45) is 28.6 Å². The lowest BCUT2D eigenvalue weighted by atomic mass is 9.45. The van der Waals surface area contributed by atoms with Crippen LogP contribution in [-0.4, -0.2) is 29.6 Å². The fourth-order valence-electron chi connectivity index (χ4n) is 7.75. The second-order valence-corrected chi connectivity index (χ2v) is 9.92.